The van der Waals surface area contributed by atoms with E-state index in [0.717, 1.165) is 0 Å². The van der Waals surface area contributed by atoms with Gasteiger partial charge in [-0.25, -0.2) is 0 Å². The van der Waals surface area contributed by atoms with Gasteiger partial charge in [0.15, 0.2) is 0 Å². The normalized spacial score (nSPS) is 21.4. The largest absolute Gasteiger partial charge is 0.435 e. The standard InChI is InChI=1S/C5H9O3P/c1-2-3-6-9-7-4-5-8-9/h2-3H,4-5H2,1H3. The first-order valence-corrected chi connectivity index (χ1v) is 3.87. The average molecular weight is 148 g/mol. The summed E-state index contributed by atoms with van der Waals surface area (Å²) in [5.41, 5.74) is 0. The summed E-state index contributed by atoms with van der Waals surface area (Å²) in [7, 11) is -1.04. The molecule has 0 aromatic rings. The highest BCUT2D eigenvalue weighted by molar-refractivity contribution is 7.42. The van der Waals surface area contributed by atoms with Gasteiger partial charge in [-0.2, -0.15) is 0 Å². The van der Waals surface area contributed by atoms with E-state index < -0.39 is 8.60 Å². The van der Waals surface area contributed by atoms with Crippen LogP contribution in [-0.4, -0.2) is 13.2 Å². The van der Waals surface area contributed by atoms with Crippen LogP contribution in [0.2, 0.25) is 0 Å². The minimum absolute atomic E-state index is 0.656. The first kappa shape index (κ1) is 7.00. The minimum atomic E-state index is -1.04. The van der Waals surface area contributed by atoms with Gasteiger partial charge in [0, 0.05) is 0 Å². The van der Waals surface area contributed by atoms with Crippen LogP contribution in [0.3, 0.4) is 0 Å². The van der Waals surface area contributed by atoms with Gasteiger partial charge in [0.2, 0.25) is 0 Å². The molecule has 0 unspecified atom stereocenters. The lowest BCUT2D eigenvalue weighted by molar-refractivity contribution is 0.325. The molecule has 1 rings (SSSR count). The van der Waals surface area contributed by atoms with Crippen molar-refractivity contribution in [2.24, 2.45) is 0 Å². The fourth-order valence-corrected chi connectivity index (χ4v) is 1.30. The van der Waals surface area contributed by atoms with Gasteiger partial charge in [0.1, 0.15) is 0 Å². The zero-order valence-corrected chi connectivity index (χ0v) is 6.14. The van der Waals surface area contributed by atoms with Crippen LogP contribution >= 0.6 is 8.60 Å². The molecule has 1 heterocycles. The van der Waals surface area contributed by atoms with E-state index in [1.165, 1.54) is 0 Å². The Kier molecular flexibility index (Phi) is 2.98. The molecule has 9 heavy (non-hydrogen) atoms. The summed E-state index contributed by atoms with van der Waals surface area (Å²) >= 11 is 0. The molecule has 0 atom stereocenters. The maximum Gasteiger partial charge on any atom is 0.396 e. The highest BCUT2D eigenvalue weighted by Gasteiger charge is 2.17. The summed E-state index contributed by atoms with van der Waals surface area (Å²) < 4.78 is 15.0. The lowest BCUT2D eigenvalue weighted by Gasteiger charge is -2.02. The van der Waals surface area contributed by atoms with Gasteiger partial charge >= 0.3 is 8.60 Å². The van der Waals surface area contributed by atoms with Crippen molar-refractivity contribution >= 4 is 8.60 Å². The van der Waals surface area contributed by atoms with E-state index in [0.29, 0.717) is 13.2 Å². The molecule has 1 aliphatic rings. The topological polar surface area (TPSA) is 27.7 Å². The van der Waals surface area contributed by atoms with E-state index in [2.05, 4.69) is 0 Å². The van der Waals surface area contributed by atoms with Crippen LogP contribution in [0.5, 0.6) is 0 Å². The van der Waals surface area contributed by atoms with Crippen molar-refractivity contribution in [2.45, 2.75) is 6.92 Å². The van der Waals surface area contributed by atoms with Crippen LogP contribution in [0.1, 0.15) is 6.92 Å². The molecule has 1 saturated heterocycles. The number of rotatable bonds is 2. The van der Waals surface area contributed by atoms with Gasteiger partial charge in [-0.15, -0.1) is 0 Å². The summed E-state index contributed by atoms with van der Waals surface area (Å²) in [6.07, 6.45) is 3.38. The molecule has 0 aromatic carbocycles. The maximum absolute atomic E-state index is 5.02. The Bertz CT molecular complexity index is 98.4. The zero-order valence-electron chi connectivity index (χ0n) is 5.24. The Balaban J connectivity index is 2.11. The van der Waals surface area contributed by atoms with Gasteiger partial charge < -0.3 is 13.6 Å². The Morgan fingerprint density at radius 2 is 2.11 bits per heavy atom. The molecule has 0 saturated carbocycles. The first-order chi connectivity index (χ1) is 4.43. The molecule has 0 amide bonds. The fraction of sp³-hybridized carbons (Fsp3) is 0.600. The molecule has 0 aliphatic carbocycles. The van der Waals surface area contributed by atoms with Crippen molar-refractivity contribution in [1.82, 2.24) is 0 Å². The second-order valence-corrected chi connectivity index (χ2v) is 2.64. The van der Waals surface area contributed by atoms with Crippen molar-refractivity contribution in [1.29, 1.82) is 0 Å². The molecule has 0 aromatic heterocycles. The summed E-state index contributed by atoms with van der Waals surface area (Å²) in [4.78, 5) is 0. The smallest absolute Gasteiger partial charge is 0.396 e. The van der Waals surface area contributed by atoms with Crippen molar-refractivity contribution in [3.05, 3.63) is 12.3 Å². The molecule has 1 aliphatic heterocycles. The van der Waals surface area contributed by atoms with Crippen LogP contribution in [0.4, 0.5) is 0 Å². The number of hydrogen-bond donors (Lipinski definition) is 0. The van der Waals surface area contributed by atoms with Gasteiger partial charge in [-0.1, -0.05) is 6.08 Å². The maximum atomic E-state index is 5.02. The van der Waals surface area contributed by atoms with Crippen molar-refractivity contribution in [3.63, 3.8) is 0 Å². The molecule has 0 N–H and O–H groups in total. The van der Waals surface area contributed by atoms with Gasteiger partial charge in [-0.3, -0.25) is 0 Å². The van der Waals surface area contributed by atoms with Crippen LogP contribution in [0.25, 0.3) is 0 Å². The van der Waals surface area contributed by atoms with E-state index in [1.54, 1.807) is 12.3 Å². The van der Waals surface area contributed by atoms with Gasteiger partial charge in [0.05, 0.1) is 19.5 Å². The van der Waals surface area contributed by atoms with Crippen LogP contribution in [-0.2, 0) is 13.6 Å². The van der Waals surface area contributed by atoms with Crippen molar-refractivity contribution in [3.8, 4) is 0 Å². The van der Waals surface area contributed by atoms with E-state index in [1.807, 2.05) is 6.92 Å². The average Bonchev–Trinajstić information content (AvgIpc) is 2.34. The summed E-state index contributed by atoms with van der Waals surface area (Å²) in [5, 5.41) is 0. The summed E-state index contributed by atoms with van der Waals surface area (Å²) in [6.45, 7) is 3.19. The molecule has 0 radical (unpaired) electrons. The van der Waals surface area contributed by atoms with Crippen LogP contribution in [0, 0.1) is 0 Å². The third-order valence-corrected chi connectivity index (χ3v) is 1.84. The fourth-order valence-electron chi connectivity index (χ4n) is 0.432. The number of allylic oxidation sites excluding steroid dienone is 1. The monoisotopic (exact) mass is 148 g/mol. The number of hydrogen-bond acceptors (Lipinski definition) is 3. The molecule has 52 valence electrons. The lowest BCUT2D eigenvalue weighted by Crippen LogP contribution is -1.79. The van der Waals surface area contributed by atoms with E-state index in [-0.39, 0.29) is 0 Å². The molecule has 0 bridgehead atoms. The van der Waals surface area contributed by atoms with E-state index >= 15 is 0 Å². The predicted octanol–water partition coefficient (Wildman–Crippen LogP) is 1.81. The molecular formula is C5H9O3P. The third-order valence-electron chi connectivity index (χ3n) is 0.760. The molecule has 4 heteroatoms. The Morgan fingerprint density at radius 3 is 2.67 bits per heavy atom. The van der Waals surface area contributed by atoms with E-state index in [9.17, 15) is 0 Å². The summed E-state index contributed by atoms with van der Waals surface area (Å²) in [5.74, 6) is 0. The lowest BCUT2D eigenvalue weighted by atomic mass is 10.8. The molecular weight excluding hydrogens is 139 g/mol. The first-order valence-electron chi connectivity index (χ1n) is 2.77. The zero-order chi connectivity index (χ0) is 6.53. The highest BCUT2D eigenvalue weighted by Crippen LogP contribution is 2.43. The highest BCUT2D eigenvalue weighted by atomic mass is 31.2. The summed E-state index contributed by atoms with van der Waals surface area (Å²) in [6, 6.07) is 0. The second-order valence-electron chi connectivity index (χ2n) is 1.46. The van der Waals surface area contributed by atoms with Crippen LogP contribution in [0.15, 0.2) is 12.3 Å². The minimum Gasteiger partial charge on any atom is -0.435 e. The van der Waals surface area contributed by atoms with Gasteiger partial charge in [-0.05, 0) is 6.92 Å². The predicted molar refractivity (Wildman–Crippen MR) is 34.7 cm³/mol. The SMILES string of the molecule is CC=COP1OCCO1. The Hall–Kier alpha value is -0.110. The Labute approximate surface area is 55.6 Å². The van der Waals surface area contributed by atoms with E-state index in [4.69, 9.17) is 13.6 Å². The van der Waals surface area contributed by atoms with Gasteiger partial charge in [0.25, 0.3) is 0 Å². The second kappa shape index (κ2) is 3.83. The molecule has 1 fully saturated rings. The Morgan fingerprint density at radius 1 is 1.44 bits per heavy atom. The van der Waals surface area contributed by atoms with Crippen molar-refractivity contribution in [2.75, 3.05) is 13.2 Å². The van der Waals surface area contributed by atoms with Crippen LogP contribution < -0.4 is 0 Å². The molecule has 3 nitrogen and oxygen atoms in total. The van der Waals surface area contributed by atoms with Crippen molar-refractivity contribution < 1.29 is 13.6 Å². The third kappa shape index (κ3) is 2.31. The quantitative estimate of drug-likeness (QED) is 0.441. The molecule has 0 spiro atoms.